The molecule has 2 aromatic heterocycles. The zero-order chi connectivity index (χ0) is 29.4. The van der Waals surface area contributed by atoms with Crippen LogP contribution in [0.25, 0.3) is 11.0 Å². The highest BCUT2D eigenvalue weighted by Gasteiger charge is 2.39. The van der Waals surface area contributed by atoms with Gasteiger partial charge in [0.1, 0.15) is 5.75 Å². The van der Waals surface area contributed by atoms with Crippen molar-refractivity contribution in [2.75, 3.05) is 16.8 Å². The maximum absolute atomic E-state index is 12.9. The molecule has 0 saturated heterocycles. The summed E-state index contributed by atoms with van der Waals surface area (Å²) in [6.07, 6.45) is 7.61. The molecule has 1 amide bonds. The first kappa shape index (κ1) is 28.2. The SMILES string of the molecule is CCCOc1ccc2c(c1)nc(N(C1CCc3cc(C(=O)Nc4nnn[nH]4)ccc31)[C@H]1CC[C@H](C(C)(C)C)CC1)n2C. The summed E-state index contributed by atoms with van der Waals surface area (Å²) in [5.41, 5.74) is 5.48. The predicted octanol–water partition coefficient (Wildman–Crippen LogP) is 6.23. The van der Waals surface area contributed by atoms with Gasteiger partial charge >= 0.3 is 0 Å². The van der Waals surface area contributed by atoms with E-state index in [-0.39, 0.29) is 17.9 Å². The molecule has 0 radical (unpaired) electrons. The van der Waals surface area contributed by atoms with Crippen LogP contribution in [0.1, 0.15) is 93.7 Å². The smallest absolute Gasteiger partial charge is 0.258 e. The van der Waals surface area contributed by atoms with Crippen molar-refractivity contribution in [3.8, 4) is 5.75 Å². The van der Waals surface area contributed by atoms with Gasteiger partial charge in [-0.05, 0) is 102 Å². The van der Waals surface area contributed by atoms with Crippen LogP contribution in [0.4, 0.5) is 11.9 Å². The Balaban J connectivity index is 1.34. The Morgan fingerprint density at radius 3 is 2.64 bits per heavy atom. The van der Waals surface area contributed by atoms with Gasteiger partial charge in [0.25, 0.3) is 5.91 Å². The number of imidazole rings is 1. The van der Waals surface area contributed by atoms with Crippen molar-refractivity contribution in [2.24, 2.45) is 18.4 Å². The Morgan fingerprint density at radius 2 is 1.93 bits per heavy atom. The van der Waals surface area contributed by atoms with Gasteiger partial charge in [-0.2, -0.15) is 0 Å². The van der Waals surface area contributed by atoms with E-state index in [1.807, 2.05) is 12.1 Å². The second kappa shape index (κ2) is 11.4. The summed E-state index contributed by atoms with van der Waals surface area (Å²) >= 11 is 0. The molecule has 10 heteroatoms. The lowest BCUT2D eigenvalue weighted by Crippen LogP contribution is -2.43. The summed E-state index contributed by atoms with van der Waals surface area (Å²) in [5, 5.41) is 16.1. The molecule has 1 fully saturated rings. The van der Waals surface area contributed by atoms with Crippen LogP contribution >= 0.6 is 0 Å². The van der Waals surface area contributed by atoms with Crippen LogP contribution in [-0.4, -0.2) is 48.7 Å². The van der Waals surface area contributed by atoms with E-state index >= 15 is 0 Å². The number of fused-ring (bicyclic) bond motifs is 2. The summed E-state index contributed by atoms with van der Waals surface area (Å²) in [6, 6.07) is 12.9. The lowest BCUT2D eigenvalue weighted by atomic mass is 9.71. The molecule has 0 spiro atoms. The van der Waals surface area contributed by atoms with Gasteiger partial charge in [-0.1, -0.05) is 38.9 Å². The Hall–Kier alpha value is -3.95. The summed E-state index contributed by atoms with van der Waals surface area (Å²) in [6.45, 7) is 9.94. The fourth-order valence-corrected chi connectivity index (χ4v) is 6.90. The van der Waals surface area contributed by atoms with Gasteiger partial charge in [-0.3, -0.25) is 10.1 Å². The van der Waals surface area contributed by atoms with E-state index in [0.717, 1.165) is 60.8 Å². The number of benzene rings is 2. The number of aromatic nitrogens is 6. The highest BCUT2D eigenvalue weighted by atomic mass is 16.5. The van der Waals surface area contributed by atoms with E-state index in [1.165, 1.54) is 24.0 Å². The van der Waals surface area contributed by atoms with E-state index in [9.17, 15) is 4.79 Å². The van der Waals surface area contributed by atoms with Crippen LogP contribution in [0.15, 0.2) is 36.4 Å². The van der Waals surface area contributed by atoms with Crippen molar-refractivity contribution in [3.63, 3.8) is 0 Å². The zero-order valence-electron chi connectivity index (χ0n) is 25.4. The number of rotatable bonds is 8. The molecule has 2 N–H and O–H groups in total. The highest BCUT2D eigenvalue weighted by molar-refractivity contribution is 6.03. The number of H-pyrrole nitrogens is 1. The van der Waals surface area contributed by atoms with E-state index in [4.69, 9.17) is 9.72 Å². The van der Waals surface area contributed by atoms with Crippen LogP contribution < -0.4 is 15.0 Å². The molecule has 2 aromatic carbocycles. The number of carbonyl (C=O) groups is 1. The molecule has 10 nitrogen and oxygen atoms in total. The number of nitrogens with zero attached hydrogens (tertiary/aromatic N) is 6. The normalized spacial score (nSPS) is 20.5. The molecule has 0 aliphatic heterocycles. The number of hydrogen-bond donors (Lipinski definition) is 2. The molecule has 1 atom stereocenters. The standard InChI is InChI=1S/C32H42N8O2/c1-6-17-42-24-13-16-28-26(19-24)33-31(39(28)5)40(23-11-9-22(10-12-23)32(2,3)4)27-15-8-20-18-21(7-14-25(20)27)29(41)34-30-35-37-38-36-30/h7,13-14,16,18-19,22-23,27H,6,8-12,15,17H2,1-5H3,(H2,34,35,36,37,38,41)/t22-,23-,27?. The largest absolute Gasteiger partial charge is 0.494 e. The number of tetrazole rings is 1. The maximum Gasteiger partial charge on any atom is 0.258 e. The molecule has 2 aliphatic rings. The van der Waals surface area contributed by atoms with Gasteiger partial charge in [0, 0.05) is 24.7 Å². The Bertz CT molecular complexity index is 1550. The van der Waals surface area contributed by atoms with Crippen molar-refractivity contribution >= 4 is 28.8 Å². The number of amides is 1. The number of hydrogen-bond acceptors (Lipinski definition) is 7. The molecule has 2 heterocycles. The number of carbonyl (C=O) groups excluding carboxylic acids is 1. The van der Waals surface area contributed by atoms with E-state index in [0.29, 0.717) is 23.6 Å². The minimum Gasteiger partial charge on any atom is -0.494 e. The van der Waals surface area contributed by atoms with Crippen molar-refractivity contribution in [1.29, 1.82) is 0 Å². The minimum atomic E-state index is -0.228. The number of aromatic amines is 1. The predicted molar refractivity (Wildman–Crippen MR) is 164 cm³/mol. The molecule has 1 unspecified atom stereocenters. The first-order valence-corrected chi connectivity index (χ1v) is 15.3. The van der Waals surface area contributed by atoms with Crippen LogP contribution in [0.2, 0.25) is 0 Å². The zero-order valence-corrected chi connectivity index (χ0v) is 25.4. The first-order chi connectivity index (χ1) is 20.2. The average Bonchev–Trinajstić information content (AvgIpc) is 3.72. The third kappa shape index (κ3) is 5.46. The van der Waals surface area contributed by atoms with Crippen LogP contribution in [0, 0.1) is 11.3 Å². The van der Waals surface area contributed by atoms with E-state index in [1.54, 1.807) is 0 Å². The van der Waals surface area contributed by atoms with Crippen LogP contribution in [0.5, 0.6) is 5.75 Å². The molecule has 42 heavy (non-hydrogen) atoms. The summed E-state index contributed by atoms with van der Waals surface area (Å²) in [5.74, 6) is 2.61. The lowest BCUT2D eigenvalue weighted by Gasteiger charge is -2.44. The molecule has 2 aliphatic carbocycles. The molecule has 6 rings (SSSR count). The second-order valence-corrected chi connectivity index (χ2v) is 12.9. The number of nitrogens with one attached hydrogen (secondary N) is 2. The summed E-state index contributed by atoms with van der Waals surface area (Å²) < 4.78 is 8.18. The van der Waals surface area contributed by atoms with Gasteiger partial charge in [0.2, 0.25) is 11.9 Å². The summed E-state index contributed by atoms with van der Waals surface area (Å²) in [7, 11) is 2.13. The lowest BCUT2D eigenvalue weighted by molar-refractivity contribution is 0.102. The van der Waals surface area contributed by atoms with Crippen molar-refractivity contribution < 1.29 is 9.53 Å². The maximum atomic E-state index is 12.9. The summed E-state index contributed by atoms with van der Waals surface area (Å²) in [4.78, 5) is 20.7. The first-order valence-electron chi connectivity index (χ1n) is 15.3. The quantitative estimate of drug-likeness (QED) is 0.258. The van der Waals surface area contributed by atoms with E-state index in [2.05, 4.69) is 94.4 Å². The molecule has 0 bridgehead atoms. The third-order valence-electron chi connectivity index (χ3n) is 9.21. The Kier molecular flexibility index (Phi) is 7.64. The van der Waals surface area contributed by atoms with Crippen molar-refractivity contribution in [1.82, 2.24) is 30.2 Å². The topological polar surface area (TPSA) is 114 Å². The minimum absolute atomic E-state index is 0.193. The molecule has 1 saturated carbocycles. The number of anilines is 2. The number of aryl methyl sites for hydroxylation is 2. The average molecular weight is 571 g/mol. The molecule has 4 aromatic rings. The Morgan fingerprint density at radius 1 is 1.12 bits per heavy atom. The van der Waals surface area contributed by atoms with Crippen molar-refractivity contribution in [3.05, 3.63) is 53.1 Å². The highest BCUT2D eigenvalue weighted by Crippen LogP contribution is 2.45. The molecule has 222 valence electrons. The molecular weight excluding hydrogens is 528 g/mol. The van der Waals surface area contributed by atoms with Gasteiger partial charge in [-0.25, -0.2) is 10.1 Å². The fourth-order valence-electron chi connectivity index (χ4n) is 6.90. The monoisotopic (exact) mass is 570 g/mol. The third-order valence-corrected chi connectivity index (χ3v) is 9.21. The fraction of sp³-hybridized carbons (Fsp3) is 0.531. The van der Waals surface area contributed by atoms with Gasteiger partial charge < -0.3 is 14.2 Å². The Labute approximate surface area is 247 Å². The van der Waals surface area contributed by atoms with Gasteiger partial charge in [-0.15, -0.1) is 0 Å². The van der Waals surface area contributed by atoms with Crippen LogP contribution in [-0.2, 0) is 13.5 Å². The van der Waals surface area contributed by atoms with Gasteiger partial charge in [0.05, 0.1) is 23.7 Å². The number of ether oxygens (including phenoxy) is 1. The second-order valence-electron chi connectivity index (χ2n) is 12.9. The molecular formula is C32H42N8O2. The van der Waals surface area contributed by atoms with E-state index < -0.39 is 0 Å². The van der Waals surface area contributed by atoms with Crippen molar-refractivity contribution in [2.45, 2.75) is 84.7 Å². The van der Waals surface area contributed by atoms with Crippen LogP contribution in [0.3, 0.4) is 0 Å². The van der Waals surface area contributed by atoms with Gasteiger partial charge in [0.15, 0.2) is 0 Å².